The quantitative estimate of drug-likeness (QED) is 0.799. The van der Waals surface area contributed by atoms with Gasteiger partial charge in [-0.05, 0) is 49.8 Å². The smallest absolute Gasteiger partial charge is 0.168 e. The fourth-order valence-corrected chi connectivity index (χ4v) is 3.37. The molecule has 0 N–H and O–H groups in total. The molecule has 1 fully saturated rings. The molecule has 2 atom stereocenters. The molecule has 2 unspecified atom stereocenters. The maximum Gasteiger partial charge on any atom is 0.168 e. The fraction of sp³-hybridized carbons (Fsp3) is 0.611. The van der Waals surface area contributed by atoms with Gasteiger partial charge in [-0.25, -0.2) is 0 Å². The molecule has 0 aromatic heterocycles. The van der Waals surface area contributed by atoms with Crippen LogP contribution in [0.3, 0.4) is 0 Å². The second-order valence-corrected chi connectivity index (χ2v) is 6.08. The zero-order valence-corrected chi connectivity index (χ0v) is 13.4. The van der Waals surface area contributed by atoms with Crippen LogP contribution < -0.4 is 4.74 Å². The highest BCUT2D eigenvalue weighted by atomic mass is 16.5. The summed E-state index contributed by atoms with van der Waals surface area (Å²) in [5.74, 6) is 1.56. The molecule has 3 nitrogen and oxygen atoms in total. The molecule has 0 spiro atoms. The Balaban J connectivity index is 2.14. The second kappa shape index (κ2) is 7.08. The van der Waals surface area contributed by atoms with Crippen LogP contribution in [0.1, 0.15) is 45.1 Å². The monoisotopic (exact) mass is 290 g/mol. The van der Waals surface area contributed by atoms with Gasteiger partial charge in [0.25, 0.3) is 0 Å². The van der Waals surface area contributed by atoms with E-state index < -0.39 is 5.60 Å². The Bertz CT molecular complexity index is 479. The minimum Gasteiger partial charge on any atom is -0.497 e. The average molecular weight is 290 g/mol. The third-order valence-corrected chi connectivity index (χ3v) is 4.38. The highest BCUT2D eigenvalue weighted by Gasteiger charge is 2.41. The number of ketones is 1. The van der Waals surface area contributed by atoms with E-state index in [1.807, 2.05) is 31.2 Å². The first-order valence-electron chi connectivity index (χ1n) is 7.90. The lowest BCUT2D eigenvalue weighted by Crippen LogP contribution is -2.46. The number of hydrogen-bond acceptors (Lipinski definition) is 3. The molecule has 0 bridgehead atoms. The number of benzene rings is 1. The van der Waals surface area contributed by atoms with Crippen molar-refractivity contribution in [3.63, 3.8) is 0 Å². The summed E-state index contributed by atoms with van der Waals surface area (Å²) >= 11 is 0. The molecule has 1 aliphatic carbocycles. The number of methoxy groups -OCH3 is 1. The van der Waals surface area contributed by atoms with Crippen molar-refractivity contribution < 1.29 is 14.3 Å². The van der Waals surface area contributed by atoms with Crippen molar-refractivity contribution in [2.75, 3.05) is 13.7 Å². The summed E-state index contributed by atoms with van der Waals surface area (Å²) in [5.41, 5.74) is 0.423. The summed E-state index contributed by atoms with van der Waals surface area (Å²) in [7, 11) is 1.64. The summed E-state index contributed by atoms with van der Waals surface area (Å²) < 4.78 is 11.2. The summed E-state index contributed by atoms with van der Waals surface area (Å²) in [6, 6.07) is 7.74. The van der Waals surface area contributed by atoms with Crippen molar-refractivity contribution in [2.45, 2.75) is 51.6 Å². The number of ether oxygens (including phenoxy) is 2. The van der Waals surface area contributed by atoms with Crippen molar-refractivity contribution in [1.29, 1.82) is 0 Å². The Morgan fingerprint density at radius 3 is 2.90 bits per heavy atom. The number of rotatable bonds is 6. The van der Waals surface area contributed by atoms with Crippen LogP contribution in [0.5, 0.6) is 5.75 Å². The molecule has 0 radical (unpaired) electrons. The third kappa shape index (κ3) is 3.85. The lowest BCUT2D eigenvalue weighted by molar-refractivity contribution is -0.150. The Morgan fingerprint density at radius 1 is 1.43 bits per heavy atom. The number of carbonyl (C=O) groups is 1. The van der Waals surface area contributed by atoms with E-state index in [0.29, 0.717) is 18.9 Å². The van der Waals surface area contributed by atoms with Crippen molar-refractivity contribution in [1.82, 2.24) is 0 Å². The Hall–Kier alpha value is -1.35. The molecule has 1 aromatic rings. The zero-order chi connectivity index (χ0) is 15.3. The SMILES string of the molecule is CCOC1(C(=O)Cc2cccc(OC)c2)CCCC(C)C1. The van der Waals surface area contributed by atoms with E-state index in [1.165, 1.54) is 6.42 Å². The Labute approximate surface area is 127 Å². The largest absolute Gasteiger partial charge is 0.497 e. The molecule has 0 saturated heterocycles. The van der Waals surface area contributed by atoms with Crippen LogP contribution in [0.15, 0.2) is 24.3 Å². The van der Waals surface area contributed by atoms with E-state index in [-0.39, 0.29) is 5.78 Å². The highest BCUT2D eigenvalue weighted by Crippen LogP contribution is 2.36. The van der Waals surface area contributed by atoms with E-state index in [9.17, 15) is 4.79 Å². The average Bonchev–Trinajstić information content (AvgIpc) is 2.47. The van der Waals surface area contributed by atoms with Crippen LogP contribution in [0.2, 0.25) is 0 Å². The molecular weight excluding hydrogens is 264 g/mol. The molecule has 1 saturated carbocycles. The zero-order valence-electron chi connectivity index (χ0n) is 13.4. The standard InChI is InChI=1S/C18H26O3/c1-4-21-18(10-6-7-14(2)13-18)17(19)12-15-8-5-9-16(11-15)20-3/h5,8-9,11,14H,4,6-7,10,12-13H2,1-3H3. The Morgan fingerprint density at radius 2 is 2.24 bits per heavy atom. The van der Waals surface area contributed by atoms with Crippen molar-refractivity contribution in [3.8, 4) is 5.75 Å². The van der Waals surface area contributed by atoms with Crippen LogP contribution in [0.4, 0.5) is 0 Å². The molecule has 2 rings (SSSR count). The minimum absolute atomic E-state index is 0.212. The van der Waals surface area contributed by atoms with Gasteiger partial charge in [0.1, 0.15) is 11.4 Å². The van der Waals surface area contributed by atoms with Crippen LogP contribution in [-0.4, -0.2) is 25.1 Å². The van der Waals surface area contributed by atoms with Gasteiger partial charge in [0, 0.05) is 13.0 Å². The third-order valence-electron chi connectivity index (χ3n) is 4.38. The first-order chi connectivity index (χ1) is 10.1. The van der Waals surface area contributed by atoms with E-state index in [1.54, 1.807) is 7.11 Å². The van der Waals surface area contributed by atoms with E-state index >= 15 is 0 Å². The molecule has 21 heavy (non-hydrogen) atoms. The van der Waals surface area contributed by atoms with E-state index in [2.05, 4.69) is 6.92 Å². The van der Waals surface area contributed by atoms with Crippen molar-refractivity contribution in [2.24, 2.45) is 5.92 Å². The van der Waals surface area contributed by atoms with Gasteiger partial charge in [-0.3, -0.25) is 4.79 Å². The molecular formula is C18H26O3. The predicted octanol–water partition coefficient (Wildman–Crippen LogP) is 3.79. The van der Waals surface area contributed by atoms with Gasteiger partial charge >= 0.3 is 0 Å². The molecule has 0 amide bonds. The minimum atomic E-state index is -0.574. The van der Waals surface area contributed by atoms with Gasteiger partial charge in [-0.15, -0.1) is 0 Å². The molecule has 0 heterocycles. The van der Waals surface area contributed by atoms with Crippen LogP contribution in [0.25, 0.3) is 0 Å². The predicted molar refractivity (Wildman–Crippen MR) is 83.7 cm³/mol. The number of hydrogen-bond donors (Lipinski definition) is 0. The molecule has 116 valence electrons. The van der Waals surface area contributed by atoms with E-state index in [0.717, 1.165) is 30.6 Å². The van der Waals surface area contributed by atoms with Crippen molar-refractivity contribution in [3.05, 3.63) is 29.8 Å². The van der Waals surface area contributed by atoms with Gasteiger partial charge in [0.2, 0.25) is 0 Å². The Kier molecular flexibility index (Phi) is 5.40. The molecule has 1 aromatic carbocycles. The van der Waals surface area contributed by atoms with Gasteiger partial charge < -0.3 is 9.47 Å². The second-order valence-electron chi connectivity index (χ2n) is 6.08. The van der Waals surface area contributed by atoms with Gasteiger partial charge in [0.15, 0.2) is 5.78 Å². The maximum atomic E-state index is 12.9. The summed E-state index contributed by atoms with van der Waals surface area (Å²) in [4.78, 5) is 12.9. The fourth-order valence-electron chi connectivity index (χ4n) is 3.37. The summed E-state index contributed by atoms with van der Waals surface area (Å²) in [6.45, 7) is 4.78. The first-order valence-corrected chi connectivity index (χ1v) is 7.90. The molecule has 3 heteroatoms. The van der Waals surface area contributed by atoms with Crippen LogP contribution in [0, 0.1) is 5.92 Å². The number of carbonyl (C=O) groups excluding carboxylic acids is 1. The van der Waals surface area contributed by atoms with Crippen LogP contribution >= 0.6 is 0 Å². The first kappa shape index (κ1) is 16.0. The molecule has 1 aliphatic rings. The van der Waals surface area contributed by atoms with Gasteiger partial charge in [-0.2, -0.15) is 0 Å². The lowest BCUT2D eigenvalue weighted by Gasteiger charge is -2.38. The molecule has 0 aliphatic heterocycles. The summed E-state index contributed by atoms with van der Waals surface area (Å²) in [5, 5.41) is 0. The van der Waals surface area contributed by atoms with E-state index in [4.69, 9.17) is 9.47 Å². The summed E-state index contributed by atoms with van der Waals surface area (Å²) in [6.07, 6.45) is 4.40. The normalized spacial score (nSPS) is 25.6. The van der Waals surface area contributed by atoms with Crippen molar-refractivity contribution >= 4 is 5.78 Å². The van der Waals surface area contributed by atoms with Gasteiger partial charge in [0.05, 0.1) is 7.11 Å². The topological polar surface area (TPSA) is 35.5 Å². The van der Waals surface area contributed by atoms with Gasteiger partial charge in [-0.1, -0.05) is 25.5 Å². The number of Topliss-reactive ketones (excluding diaryl/α,β-unsaturated/α-hetero) is 1. The highest BCUT2D eigenvalue weighted by molar-refractivity contribution is 5.89. The van der Waals surface area contributed by atoms with Crippen LogP contribution in [-0.2, 0) is 16.0 Å². The maximum absolute atomic E-state index is 12.9. The lowest BCUT2D eigenvalue weighted by atomic mass is 9.75.